The SMILES string of the molecule is CC12CCC(CC1=NC(=O)c1ccc(Cl)cc1)C2(C)C. The highest BCUT2D eigenvalue weighted by molar-refractivity contribution is 6.30. The van der Waals surface area contributed by atoms with Crippen LogP contribution >= 0.6 is 11.6 Å². The molecule has 0 aromatic heterocycles. The van der Waals surface area contributed by atoms with Crippen molar-refractivity contribution in [3.05, 3.63) is 34.9 Å². The van der Waals surface area contributed by atoms with Crippen LogP contribution < -0.4 is 0 Å². The van der Waals surface area contributed by atoms with Crippen LogP contribution in [0.2, 0.25) is 5.02 Å². The van der Waals surface area contributed by atoms with Crippen molar-refractivity contribution in [2.24, 2.45) is 21.7 Å². The topological polar surface area (TPSA) is 29.4 Å². The Kier molecular flexibility index (Phi) is 3.06. The van der Waals surface area contributed by atoms with Crippen molar-refractivity contribution in [1.82, 2.24) is 0 Å². The summed E-state index contributed by atoms with van der Waals surface area (Å²) in [5.74, 6) is 0.533. The molecular formula is C17H20ClNO. The zero-order valence-electron chi connectivity index (χ0n) is 12.2. The van der Waals surface area contributed by atoms with Crippen molar-refractivity contribution < 1.29 is 4.79 Å². The third-order valence-electron chi connectivity index (χ3n) is 5.84. The molecule has 0 N–H and O–H groups in total. The van der Waals surface area contributed by atoms with Gasteiger partial charge >= 0.3 is 0 Å². The molecular weight excluding hydrogens is 270 g/mol. The van der Waals surface area contributed by atoms with Crippen molar-refractivity contribution >= 4 is 23.2 Å². The number of halogens is 1. The van der Waals surface area contributed by atoms with Crippen LogP contribution in [0.25, 0.3) is 0 Å². The zero-order valence-corrected chi connectivity index (χ0v) is 13.0. The van der Waals surface area contributed by atoms with E-state index in [1.54, 1.807) is 24.3 Å². The molecule has 0 aliphatic heterocycles. The first kappa shape index (κ1) is 13.8. The van der Waals surface area contributed by atoms with E-state index in [-0.39, 0.29) is 16.7 Å². The predicted octanol–water partition coefficient (Wildman–Crippen LogP) is 4.77. The number of nitrogens with zero attached hydrogens (tertiary/aromatic N) is 1. The lowest BCUT2D eigenvalue weighted by atomic mass is 9.70. The van der Waals surface area contributed by atoms with E-state index in [0.29, 0.717) is 16.5 Å². The summed E-state index contributed by atoms with van der Waals surface area (Å²) in [5, 5.41) is 0.641. The largest absolute Gasteiger partial charge is 0.276 e. The Hall–Kier alpha value is -1.15. The average molecular weight is 290 g/mol. The summed E-state index contributed by atoms with van der Waals surface area (Å²) in [6.45, 7) is 6.91. The van der Waals surface area contributed by atoms with Gasteiger partial charge in [-0.1, -0.05) is 32.4 Å². The van der Waals surface area contributed by atoms with E-state index in [9.17, 15) is 4.79 Å². The maximum Gasteiger partial charge on any atom is 0.276 e. The Balaban J connectivity index is 1.91. The number of hydrogen-bond acceptors (Lipinski definition) is 1. The Morgan fingerprint density at radius 2 is 1.90 bits per heavy atom. The van der Waals surface area contributed by atoms with Crippen molar-refractivity contribution in [2.45, 2.75) is 40.0 Å². The molecule has 2 atom stereocenters. The molecule has 2 unspecified atom stereocenters. The summed E-state index contributed by atoms with van der Waals surface area (Å²) in [5.41, 5.74) is 2.05. The van der Waals surface area contributed by atoms with E-state index in [1.807, 2.05) is 0 Å². The van der Waals surface area contributed by atoms with E-state index in [2.05, 4.69) is 25.8 Å². The molecule has 2 fully saturated rings. The second kappa shape index (κ2) is 4.42. The normalized spacial score (nSPS) is 32.8. The van der Waals surface area contributed by atoms with Gasteiger partial charge in [0.1, 0.15) is 0 Å². The Bertz CT molecular complexity index is 588. The molecule has 20 heavy (non-hydrogen) atoms. The second-order valence-corrected chi connectivity index (χ2v) is 7.30. The third-order valence-corrected chi connectivity index (χ3v) is 6.09. The van der Waals surface area contributed by atoms with E-state index < -0.39 is 0 Å². The predicted molar refractivity (Wildman–Crippen MR) is 82.4 cm³/mol. The van der Waals surface area contributed by atoms with Gasteiger partial charge in [0.05, 0.1) is 0 Å². The molecule has 2 nitrogen and oxygen atoms in total. The van der Waals surface area contributed by atoms with Gasteiger partial charge in [-0.25, -0.2) is 4.99 Å². The molecule has 2 aliphatic carbocycles. The van der Waals surface area contributed by atoms with Crippen molar-refractivity contribution in [3.8, 4) is 0 Å². The van der Waals surface area contributed by atoms with Crippen LogP contribution in [0.3, 0.4) is 0 Å². The highest BCUT2D eigenvalue weighted by Crippen LogP contribution is 2.64. The standard InChI is InChI=1S/C17H20ClNO/c1-16(2)12-8-9-17(16,3)14(10-12)19-15(20)11-4-6-13(18)7-5-11/h4-7,12H,8-10H2,1-3H3. The smallest absolute Gasteiger partial charge is 0.267 e. The first-order valence-electron chi connectivity index (χ1n) is 7.22. The molecule has 0 saturated heterocycles. The average Bonchev–Trinajstić information content (AvgIpc) is 2.72. The lowest BCUT2D eigenvalue weighted by molar-refractivity contribution is 0.100. The minimum atomic E-state index is -0.138. The van der Waals surface area contributed by atoms with Gasteiger partial charge in [0.15, 0.2) is 0 Å². The maximum atomic E-state index is 12.3. The molecule has 106 valence electrons. The lowest BCUT2D eigenvalue weighted by Crippen LogP contribution is -2.33. The van der Waals surface area contributed by atoms with Gasteiger partial charge in [0, 0.05) is 21.7 Å². The maximum absolute atomic E-state index is 12.3. The highest BCUT2D eigenvalue weighted by Gasteiger charge is 2.59. The molecule has 3 rings (SSSR count). The number of carbonyl (C=O) groups excluding carboxylic acids is 1. The van der Waals surface area contributed by atoms with Crippen LogP contribution in [0.4, 0.5) is 0 Å². The fourth-order valence-corrected chi connectivity index (χ4v) is 4.00. The molecule has 3 heteroatoms. The summed E-state index contributed by atoms with van der Waals surface area (Å²) in [7, 11) is 0. The first-order chi connectivity index (χ1) is 9.34. The number of carbonyl (C=O) groups is 1. The van der Waals surface area contributed by atoms with Crippen LogP contribution in [0.5, 0.6) is 0 Å². The quantitative estimate of drug-likeness (QED) is 0.732. The molecule has 2 aliphatic rings. The van der Waals surface area contributed by atoms with Crippen LogP contribution in [0, 0.1) is 16.7 Å². The van der Waals surface area contributed by atoms with Crippen molar-refractivity contribution in [1.29, 1.82) is 0 Å². The summed E-state index contributed by atoms with van der Waals surface area (Å²) < 4.78 is 0. The number of aliphatic imine (C=N–C) groups is 1. The summed E-state index contributed by atoms with van der Waals surface area (Å²) in [4.78, 5) is 16.8. The van der Waals surface area contributed by atoms with E-state index >= 15 is 0 Å². The molecule has 0 heterocycles. The Morgan fingerprint density at radius 3 is 2.40 bits per heavy atom. The van der Waals surface area contributed by atoms with Gasteiger partial charge < -0.3 is 0 Å². The number of rotatable bonds is 1. The lowest BCUT2D eigenvalue weighted by Gasteiger charge is -2.34. The fraction of sp³-hybridized carbons (Fsp3) is 0.529. The monoisotopic (exact) mass is 289 g/mol. The van der Waals surface area contributed by atoms with Crippen molar-refractivity contribution in [3.63, 3.8) is 0 Å². The molecule has 2 bridgehead atoms. The summed E-state index contributed by atoms with van der Waals surface area (Å²) in [6.07, 6.45) is 3.39. The molecule has 2 saturated carbocycles. The van der Waals surface area contributed by atoms with Crippen LogP contribution in [-0.4, -0.2) is 11.6 Å². The van der Waals surface area contributed by atoms with Gasteiger partial charge in [-0.15, -0.1) is 0 Å². The molecule has 0 radical (unpaired) electrons. The van der Waals surface area contributed by atoms with E-state index in [1.165, 1.54) is 6.42 Å². The van der Waals surface area contributed by atoms with Crippen LogP contribution in [0.1, 0.15) is 50.4 Å². The van der Waals surface area contributed by atoms with Gasteiger partial charge in [0.2, 0.25) is 0 Å². The van der Waals surface area contributed by atoms with E-state index in [0.717, 1.165) is 18.6 Å². The zero-order chi connectivity index (χ0) is 14.5. The highest BCUT2D eigenvalue weighted by atomic mass is 35.5. The Morgan fingerprint density at radius 1 is 1.25 bits per heavy atom. The minimum Gasteiger partial charge on any atom is -0.267 e. The fourth-order valence-electron chi connectivity index (χ4n) is 3.88. The third kappa shape index (κ3) is 1.85. The summed E-state index contributed by atoms with van der Waals surface area (Å²) >= 11 is 5.85. The summed E-state index contributed by atoms with van der Waals surface area (Å²) in [6, 6.07) is 6.97. The number of fused-ring (bicyclic) bond motifs is 2. The second-order valence-electron chi connectivity index (χ2n) is 6.86. The molecule has 1 aromatic rings. The number of amides is 1. The van der Waals surface area contributed by atoms with Gasteiger partial charge in [-0.05, 0) is 54.9 Å². The van der Waals surface area contributed by atoms with Crippen LogP contribution in [-0.2, 0) is 0 Å². The first-order valence-corrected chi connectivity index (χ1v) is 7.60. The molecule has 1 aromatic carbocycles. The number of hydrogen-bond donors (Lipinski definition) is 0. The van der Waals surface area contributed by atoms with Crippen LogP contribution in [0.15, 0.2) is 29.3 Å². The van der Waals surface area contributed by atoms with Gasteiger partial charge in [0.25, 0.3) is 5.91 Å². The molecule has 0 spiro atoms. The minimum absolute atomic E-state index is 0.0831. The molecule has 1 amide bonds. The Labute approximate surface area is 125 Å². The number of benzene rings is 1. The van der Waals surface area contributed by atoms with Gasteiger partial charge in [-0.3, -0.25) is 4.79 Å². The van der Waals surface area contributed by atoms with Gasteiger partial charge in [-0.2, -0.15) is 0 Å². The van der Waals surface area contributed by atoms with E-state index in [4.69, 9.17) is 11.6 Å². The van der Waals surface area contributed by atoms with Crippen molar-refractivity contribution in [2.75, 3.05) is 0 Å².